The van der Waals surface area contributed by atoms with E-state index in [1.165, 1.54) is 18.4 Å². The van der Waals surface area contributed by atoms with E-state index < -0.39 is 5.97 Å². The second-order valence-corrected chi connectivity index (χ2v) is 9.02. The van der Waals surface area contributed by atoms with Gasteiger partial charge in [-0.15, -0.1) is 11.3 Å². The fraction of sp³-hybridized carbons (Fsp3) is 0.130. The van der Waals surface area contributed by atoms with Crippen LogP contribution in [0.1, 0.15) is 15.2 Å². The Balaban J connectivity index is 1.47. The molecule has 162 valence electrons. The highest BCUT2D eigenvalue weighted by Crippen LogP contribution is 2.35. The molecule has 2 heterocycles. The Kier molecular flexibility index (Phi) is 6.38. The van der Waals surface area contributed by atoms with Crippen LogP contribution in [-0.2, 0) is 9.53 Å². The number of H-pyrrole nitrogens is 1. The van der Waals surface area contributed by atoms with E-state index in [1.807, 2.05) is 37.3 Å². The Labute approximate surface area is 191 Å². The van der Waals surface area contributed by atoms with Gasteiger partial charge in [0.25, 0.3) is 5.56 Å². The summed E-state index contributed by atoms with van der Waals surface area (Å²) in [6.07, 6.45) is 0. The normalized spacial score (nSPS) is 10.8. The summed E-state index contributed by atoms with van der Waals surface area (Å²) in [6, 6.07) is 16.1. The fourth-order valence-electron chi connectivity index (χ4n) is 3.26. The maximum Gasteiger partial charge on any atom is 0.337 e. The zero-order valence-electron chi connectivity index (χ0n) is 17.3. The molecule has 2 aromatic heterocycles. The number of amides is 1. The van der Waals surface area contributed by atoms with Crippen molar-refractivity contribution in [2.75, 3.05) is 18.2 Å². The van der Waals surface area contributed by atoms with Crippen LogP contribution in [0.15, 0.2) is 64.5 Å². The number of benzene rings is 2. The smallest absolute Gasteiger partial charge is 0.337 e. The van der Waals surface area contributed by atoms with Gasteiger partial charge in [0.1, 0.15) is 4.83 Å². The molecule has 0 atom stereocenters. The molecular formula is C23H19N3O4S2. The predicted molar refractivity (Wildman–Crippen MR) is 128 cm³/mol. The summed E-state index contributed by atoms with van der Waals surface area (Å²) in [4.78, 5) is 45.6. The largest absolute Gasteiger partial charge is 0.465 e. The molecule has 0 aliphatic carbocycles. The summed E-state index contributed by atoms with van der Waals surface area (Å²) in [5.41, 5.74) is 2.60. The first-order valence-electron chi connectivity index (χ1n) is 9.66. The van der Waals surface area contributed by atoms with E-state index in [4.69, 9.17) is 0 Å². The van der Waals surface area contributed by atoms with E-state index in [0.717, 1.165) is 27.8 Å². The molecular weight excluding hydrogens is 446 g/mol. The maximum atomic E-state index is 12.8. The number of nitrogens with zero attached hydrogens (tertiary/aromatic N) is 1. The number of aryl methyl sites for hydroxylation is 1. The highest BCUT2D eigenvalue weighted by atomic mass is 32.2. The van der Waals surface area contributed by atoms with Crippen molar-refractivity contribution < 1.29 is 14.3 Å². The minimum absolute atomic E-state index is 0.0725. The summed E-state index contributed by atoms with van der Waals surface area (Å²) in [7, 11) is 1.31. The van der Waals surface area contributed by atoms with Gasteiger partial charge in [0.2, 0.25) is 5.91 Å². The number of ether oxygens (including phenoxy) is 1. The van der Waals surface area contributed by atoms with Crippen LogP contribution < -0.4 is 10.9 Å². The molecule has 1 amide bonds. The number of esters is 1. The average molecular weight is 466 g/mol. The Hall–Kier alpha value is -3.43. The summed E-state index contributed by atoms with van der Waals surface area (Å²) in [5, 5.41) is 3.71. The Morgan fingerprint density at radius 2 is 1.84 bits per heavy atom. The molecule has 0 saturated heterocycles. The van der Waals surface area contributed by atoms with Crippen LogP contribution in [0, 0.1) is 6.92 Å². The number of thioether (sulfide) groups is 1. The lowest BCUT2D eigenvalue weighted by Crippen LogP contribution is -2.15. The molecule has 0 bridgehead atoms. The molecule has 9 heteroatoms. The fourth-order valence-corrected chi connectivity index (χ4v) is 5.02. The first kappa shape index (κ1) is 21.8. The van der Waals surface area contributed by atoms with Crippen molar-refractivity contribution in [2.45, 2.75) is 12.1 Å². The van der Waals surface area contributed by atoms with Crippen molar-refractivity contribution in [3.63, 3.8) is 0 Å². The molecule has 2 N–H and O–H groups in total. The molecule has 0 aliphatic heterocycles. The summed E-state index contributed by atoms with van der Waals surface area (Å²) in [5.74, 6) is -0.623. The number of fused-ring (bicyclic) bond motifs is 1. The molecule has 0 unspecified atom stereocenters. The number of aromatic amines is 1. The van der Waals surface area contributed by atoms with Crippen molar-refractivity contribution in [3.8, 4) is 11.1 Å². The second-order valence-electron chi connectivity index (χ2n) is 6.86. The van der Waals surface area contributed by atoms with Gasteiger partial charge >= 0.3 is 5.97 Å². The summed E-state index contributed by atoms with van der Waals surface area (Å²) in [6.45, 7) is 1.97. The summed E-state index contributed by atoms with van der Waals surface area (Å²) < 4.78 is 4.65. The van der Waals surface area contributed by atoms with Gasteiger partial charge in [-0.1, -0.05) is 42.1 Å². The average Bonchev–Trinajstić information content (AvgIpc) is 3.14. The lowest BCUT2D eigenvalue weighted by atomic mass is 10.0. The third kappa shape index (κ3) is 4.58. The molecule has 4 rings (SSSR count). The van der Waals surface area contributed by atoms with Crippen molar-refractivity contribution >= 4 is 50.9 Å². The van der Waals surface area contributed by atoms with Gasteiger partial charge in [0, 0.05) is 16.1 Å². The Morgan fingerprint density at radius 1 is 1.12 bits per heavy atom. The minimum Gasteiger partial charge on any atom is -0.465 e. The third-order valence-corrected chi connectivity index (χ3v) is 6.58. The van der Waals surface area contributed by atoms with Crippen LogP contribution >= 0.6 is 23.1 Å². The number of hydrogen-bond donors (Lipinski definition) is 2. The topological polar surface area (TPSA) is 101 Å². The van der Waals surface area contributed by atoms with Gasteiger partial charge in [-0.05, 0) is 36.8 Å². The molecule has 0 radical (unpaired) electrons. The molecule has 0 saturated carbocycles. The van der Waals surface area contributed by atoms with E-state index in [1.54, 1.807) is 24.3 Å². The molecule has 4 aromatic rings. The van der Waals surface area contributed by atoms with Gasteiger partial charge in [-0.3, -0.25) is 9.59 Å². The minimum atomic E-state index is -0.442. The number of aromatic nitrogens is 2. The van der Waals surface area contributed by atoms with Crippen LogP contribution in [0.25, 0.3) is 21.3 Å². The second kappa shape index (κ2) is 9.37. The van der Waals surface area contributed by atoms with Gasteiger partial charge in [-0.2, -0.15) is 0 Å². The zero-order chi connectivity index (χ0) is 22.7. The SMILES string of the molecule is COC(=O)c1ccc(NC(=O)CSc2nc3sc(C)c(-c4ccccc4)c3c(=O)[nH]2)cc1. The van der Waals surface area contributed by atoms with Gasteiger partial charge < -0.3 is 15.0 Å². The highest BCUT2D eigenvalue weighted by Gasteiger charge is 2.17. The quantitative estimate of drug-likeness (QED) is 0.247. The van der Waals surface area contributed by atoms with Crippen molar-refractivity contribution in [3.05, 3.63) is 75.4 Å². The first-order chi connectivity index (χ1) is 15.5. The van der Waals surface area contributed by atoms with E-state index in [0.29, 0.717) is 26.6 Å². The van der Waals surface area contributed by atoms with Gasteiger partial charge in [0.05, 0.1) is 23.8 Å². The molecule has 0 fully saturated rings. The zero-order valence-corrected chi connectivity index (χ0v) is 18.9. The van der Waals surface area contributed by atoms with Crippen molar-refractivity contribution in [1.29, 1.82) is 0 Å². The monoisotopic (exact) mass is 465 g/mol. The van der Waals surface area contributed by atoms with Crippen LogP contribution in [0.2, 0.25) is 0 Å². The standard InChI is InChI=1S/C23H19N3O4S2/c1-13-18(14-6-4-3-5-7-14)19-20(28)25-23(26-21(19)32-13)31-12-17(27)24-16-10-8-15(9-11-16)22(29)30-2/h3-11H,12H2,1-2H3,(H,24,27)(H,25,26,28). The molecule has 2 aromatic carbocycles. The van der Waals surface area contributed by atoms with E-state index in [9.17, 15) is 14.4 Å². The van der Waals surface area contributed by atoms with E-state index in [-0.39, 0.29) is 17.2 Å². The maximum absolute atomic E-state index is 12.8. The van der Waals surface area contributed by atoms with E-state index in [2.05, 4.69) is 20.0 Å². The van der Waals surface area contributed by atoms with Gasteiger partial charge in [0.15, 0.2) is 5.16 Å². The van der Waals surface area contributed by atoms with Crippen LogP contribution in [-0.4, -0.2) is 34.7 Å². The number of carbonyl (C=O) groups is 2. The number of anilines is 1. The lowest BCUT2D eigenvalue weighted by molar-refractivity contribution is -0.113. The van der Waals surface area contributed by atoms with Crippen molar-refractivity contribution in [2.24, 2.45) is 0 Å². The number of carbonyl (C=O) groups excluding carboxylic acids is 2. The molecule has 32 heavy (non-hydrogen) atoms. The van der Waals surface area contributed by atoms with Gasteiger partial charge in [-0.25, -0.2) is 9.78 Å². The predicted octanol–water partition coefficient (Wildman–Crippen LogP) is 4.48. The lowest BCUT2D eigenvalue weighted by Gasteiger charge is -2.06. The Morgan fingerprint density at radius 3 is 2.53 bits per heavy atom. The highest BCUT2D eigenvalue weighted by molar-refractivity contribution is 7.99. The number of nitrogens with one attached hydrogen (secondary N) is 2. The molecule has 0 aliphatic rings. The van der Waals surface area contributed by atoms with Crippen LogP contribution in [0.3, 0.4) is 0 Å². The van der Waals surface area contributed by atoms with Crippen LogP contribution in [0.4, 0.5) is 5.69 Å². The van der Waals surface area contributed by atoms with E-state index >= 15 is 0 Å². The number of thiophene rings is 1. The Bertz CT molecular complexity index is 1350. The molecule has 0 spiro atoms. The first-order valence-corrected chi connectivity index (χ1v) is 11.5. The van der Waals surface area contributed by atoms with Crippen LogP contribution in [0.5, 0.6) is 0 Å². The van der Waals surface area contributed by atoms with Crippen molar-refractivity contribution in [1.82, 2.24) is 9.97 Å². The number of rotatable bonds is 6. The number of hydrogen-bond acceptors (Lipinski definition) is 7. The number of methoxy groups -OCH3 is 1. The third-order valence-electron chi connectivity index (χ3n) is 4.71. The molecule has 7 nitrogen and oxygen atoms in total. The summed E-state index contributed by atoms with van der Waals surface area (Å²) >= 11 is 2.61.